The number of nitrogens with zero attached hydrogens (tertiary/aromatic N) is 2. The van der Waals surface area contributed by atoms with Crippen molar-refractivity contribution in [1.29, 1.82) is 0 Å². The van der Waals surface area contributed by atoms with Gasteiger partial charge in [-0.25, -0.2) is 18.1 Å². The van der Waals surface area contributed by atoms with Gasteiger partial charge in [0.25, 0.3) is 0 Å². The predicted octanol–water partition coefficient (Wildman–Crippen LogP) is 1.61. The number of sulfone groups is 1. The molecule has 1 aromatic heterocycles. The maximum Gasteiger partial charge on any atom is 0.192 e. The number of hydroxylamine groups is 1. The van der Waals surface area contributed by atoms with Gasteiger partial charge in [-0.15, -0.1) is 0 Å². The third kappa shape index (κ3) is 3.89. The second kappa shape index (κ2) is 5.83. The van der Waals surface area contributed by atoms with E-state index in [0.717, 1.165) is 16.6 Å². The lowest BCUT2D eigenvalue weighted by atomic mass is 10.2. The summed E-state index contributed by atoms with van der Waals surface area (Å²) in [5.41, 5.74) is 1.46. The Balaban J connectivity index is 2.14. The van der Waals surface area contributed by atoms with E-state index in [4.69, 9.17) is 0 Å². The van der Waals surface area contributed by atoms with Gasteiger partial charge in [0.2, 0.25) is 0 Å². The van der Waals surface area contributed by atoms with E-state index in [1.165, 1.54) is 18.5 Å². The first-order valence-electron chi connectivity index (χ1n) is 5.94. The van der Waals surface area contributed by atoms with E-state index in [1.807, 2.05) is 30.3 Å². The van der Waals surface area contributed by atoms with Crippen molar-refractivity contribution in [1.82, 2.24) is 4.98 Å². The Morgan fingerprint density at radius 3 is 2.45 bits per heavy atom. The summed E-state index contributed by atoms with van der Waals surface area (Å²) in [5.74, 6) is 0. The summed E-state index contributed by atoms with van der Waals surface area (Å²) in [4.78, 5) is 3.83. The molecule has 2 rings (SSSR count). The van der Waals surface area contributed by atoms with Crippen molar-refractivity contribution in [3.8, 4) is 0 Å². The van der Waals surface area contributed by atoms with Crippen molar-refractivity contribution in [2.24, 2.45) is 0 Å². The topological polar surface area (TPSA) is 73.1 Å². The Morgan fingerprint density at radius 1 is 1.20 bits per heavy atom. The molecule has 0 radical (unpaired) electrons. The van der Waals surface area contributed by atoms with E-state index >= 15 is 0 Å². The molecule has 0 bridgehead atoms. The molecule has 0 saturated carbocycles. The quantitative estimate of drug-likeness (QED) is 0.371. The molecule has 0 unspecified atom stereocenters. The smallest absolute Gasteiger partial charge is 0.192 e. The highest BCUT2D eigenvalue weighted by Crippen LogP contribution is 2.05. The summed E-state index contributed by atoms with van der Waals surface area (Å²) >= 11 is 0. The fraction of sp³-hybridized carbons (Fsp3) is 0.143. The molecule has 0 aliphatic heterocycles. The molecule has 2 aromatic rings. The van der Waals surface area contributed by atoms with Gasteiger partial charge in [-0.1, -0.05) is 30.3 Å². The van der Waals surface area contributed by atoms with Crippen LogP contribution in [-0.2, 0) is 16.4 Å². The van der Waals surface area contributed by atoms with Crippen LogP contribution in [0.4, 0.5) is 0 Å². The van der Waals surface area contributed by atoms with Crippen LogP contribution >= 0.6 is 0 Å². The van der Waals surface area contributed by atoms with Crippen molar-refractivity contribution >= 4 is 16.1 Å². The van der Waals surface area contributed by atoms with Crippen molar-refractivity contribution in [2.45, 2.75) is 11.6 Å². The fourth-order valence-corrected chi connectivity index (χ4v) is 2.22. The number of pyridine rings is 1. The summed E-state index contributed by atoms with van der Waals surface area (Å²) in [6.07, 6.45) is 3.84. The second-order valence-electron chi connectivity index (χ2n) is 4.39. The Kier molecular flexibility index (Phi) is 4.14. The molecule has 0 aliphatic carbocycles. The molecule has 20 heavy (non-hydrogen) atoms. The Morgan fingerprint density at radius 2 is 1.90 bits per heavy atom. The molecule has 0 N–H and O–H groups in total. The maximum atomic E-state index is 11.8. The summed E-state index contributed by atoms with van der Waals surface area (Å²) in [5, 5.41) is 11.8. The minimum absolute atomic E-state index is 0.00448. The molecule has 5 nitrogen and oxygen atoms in total. The van der Waals surface area contributed by atoms with Crippen LogP contribution in [0.3, 0.4) is 0 Å². The first kappa shape index (κ1) is 14.2. The van der Waals surface area contributed by atoms with Gasteiger partial charge >= 0.3 is 0 Å². The first-order chi connectivity index (χ1) is 9.45. The van der Waals surface area contributed by atoms with E-state index in [0.29, 0.717) is 5.56 Å². The van der Waals surface area contributed by atoms with Crippen LogP contribution in [-0.4, -0.2) is 30.6 Å². The zero-order chi connectivity index (χ0) is 14.6. The maximum absolute atomic E-state index is 11.8. The van der Waals surface area contributed by atoms with Crippen LogP contribution in [0.2, 0.25) is 0 Å². The average Bonchev–Trinajstić information content (AvgIpc) is 2.39. The monoisotopic (exact) mass is 290 g/mol. The normalized spacial score (nSPS) is 12.3. The number of hydrogen-bond acceptors (Lipinski definition) is 4. The van der Waals surface area contributed by atoms with E-state index in [-0.39, 0.29) is 11.6 Å². The van der Waals surface area contributed by atoms with Gasteiger partial charge in [0.05, 0.1) is 5.56 Å². The van der Waals surface area contributed by atoms with Crippen LogP contribution < -0.4 is 0 Å². The van der Waals surface area contributed by atoms with Crippen molar-refractivity contribution in [2.75, 3.05) is 6.26 Å². The molecule has 0 spiro atoms. The Hall–Kier alpha value is -2.21. The molecule has 6 heteroatoms. The highest BCUT2D eigenvalue weighted by atomic mass is 32.2. The number of aromatic nitrogens is 1. The molecule has 0 atom stereocenters. The van der Waals surface area contributed by atoms with Crippen LogP contribution in [0, 0.1) is 5.21 Å². The standard InChI is InChI=1S/C14H14N2O3S/c1-20(18,19)14-8-7-13(9-15-14)11-16(17)10-12-5-3-2-4-6-12/h2-9,11H,10H2,1H3/b16-11-. The first-order valence-corrected chi connectivity index (χ1v) is 7.83. The van der Waals surface area contributed by atoms with Crippen molar-refractivity contribution in [3.05, 3.63) is 65.0 Å². The molecular weight excluding hydrogens is 276 g/mol. The van der Waals surface area contributed by atoms with Crippen LogP contribution in [0.15, 0.2) is 53.7 Å². The van der Waals surface area contributed by atoms with Gasteiger partial charge in [0, 0.05) is 18.0 Å². The van der Waals surface area contributed by atoms with Crippen LogP contribution in [0.1, 0.15) is 11.1 Å². The number of hydrogen-bond donors (Lipinski definition) is 0. The second-order valence-corrected chi connectivity index (χ2v) is 6.35. The van der Waals surface area contributed by atoms with E-state index in [2.05, 4.69) is 4.98 Å². The molecule has 0 saturated heterocycles. The third-order valence-electron chi connectivity index (χ3n) is 2.61. The third-order valence-corrected chi connectivity index (χ3v) is 3.61. The Bertz CT molecular complexity index is 708. The summed E-state index contributed by atoms with van der Waals surface area (Å²) < 4.78 is 23.3. The predicted molar refractivity (Wildman–Crippen MR) is 76.3 cm³/mol. The molecule has 0 amide bonds. The zero-order valence-corrected chi connectivity index (χ0v) is 11.7. The van der Waals surface area contributed by atoms with Crippen LogP contribution in [0.25, 0.3) is 0 Å². The molecule has 1 heterocycles. The summed E-state index contributed by atoms with van der Waals surface area (Å²) in [7, 11) is -3.31. The van der Waals surface area contributed by atoms with Gasteiger partial charge in [-0.05, 0) is 12.1 Å². The lowest BCUT2D eigenvalue weighted by molar-refractivity contribution is -0.469. The fourth-order valence-electron chi connectivity index (χ4n) is 1.66. The minimum Gasteiger partial charge on any atom is -0.624 e. The Labute approximate surface area is 117 Å². The van der Waals surface area contributed by atoms with E-state index in [9.17, 15) is 13.6 Å². The van der Waals surface area contributed by atoms with E-state index in [1.54, 1.807) is 6.07 Å². The lowest BCUT2D eigenvalue weighted by Gasteiger charge is -2.04. The largest absolute Gasteiger partial charge is 0.624 e. The summed E-state index contributed by atoms with van der Waals surface area (Å²) in [6.45, 7) is 0.231. The highest BCUT2D eigenvalue weighted by Gasteiger charge is 2.08. The van der Waals surface area contributed by atoms with Crippen molar-refractivity contribution in [3.63, 3.8) is 0 Å². The SMILES string of the molecule is CS(=O)(=O)c1ccc(/C=[N+](\[O-])Cc2ccccc2)cn1. The van der Waals surface area contributed by atoms with Crippen molar-refractivity contribution < 1.29 is 13.2 Å². The van der Waals surface area contributed by atoms with Gasteiger partial charge in [-0.2, -0.15) is 0 Å². The average molecular weight is 290 g/mol. The summed E-state index contributed by atoms with van der Waals surface area (Å²) in [6, 6.07) is 12.3. The van der Waals surface area contributed by atoms with Crippen LogP contribution in [0.5, 0.6) is 0 Å². The lowest BCUT2D eigenvalue weighted by Crippen LogP contribution is -2.06. The molecule has 0 fully saturated rings. The van der Waals surface area contributed by atoms with Gasteiger partial charge in [0.15, 0.2) is 27.6 Å². The minimum atomic E-state index is -3.31. The van der Waals surface area contributed by atoms with Gasteiger partial charge in [0.1, 0.15) is 0 Å². The van der Waals surface area contributed by atoms with Gasteiger partial charge in [-0.3, -0.25) is 0 Å². The number of benzene rings is 1. The number of rotatable bonds is 4. The molecule has 0 aliphatic rings. The zero-order valence-electron chi connectivity index (χ0n) is 10.9. The van der Waals surface area contributed by atoms with E-state index < -0.39 is 9.84 Å². The molecule has 1 aromatic carbocycles. The van der Waals surface area contributed by atoms with Gasteiger partial charge < -0.3 is 5.21 Å². The molecule has 104 valence electrons. The molecular formula is C14H14N2O3S. The highest BCUT2D eigenvalue weighted by molar-refractivity contribution is 7.90.